The molecule has 0 saturated carbocycles. The Labute approximate surface area is 100 Å². The molecule has 84 valence electrons. The summed E-state index contributed by atoms with van der Waals surface area (Å²) >= 11 is 1.69. The molecule has 0 aliphatic rings. The van der Waals surface area contributed by atoms with E-state index in [1.54, 1.807) is 11.3 Å². The molecule has 0 radical (unpaired) electrons. The van der Waals surface area contributed by atoms with Crippen LogP contribution in [0.2, 0.25) is 0 Å². The van der Waals surface area contributed by atoms with Gasteiger partial charge in [0.1, 0.15) is 5.01 Å². The summed E-state index contributed by atoms with van der Waals surface area (Å²) in [6, 6.07) is 10.4. The highest BCUT2D eigenvalue weighted by Crippen LogP contribution is 2.22. The Balaban J connectivity index is 2.00. The minimum atomic E-state index is -0.0655. The monoisotopic (exact) mass is 232 g/mol. The summed E-state index contributed by atoms with van der Waals surface area (Å²) in [4.78, 5) is 4.36. The number of hydrogen-bond donors (Lipinski definition) is 1. The van der Waals surface area contributed by atoms with Gasteiger partial charge >= 0.3 is 0 Å². The number of aromatic nitrogens is 1. The van der Waals surface area contributed by atoms with Gasteiger partial charge in [-0.1, -0.05) is 30.3 Å². The third kappa shape index (κ3) is 2.68. The number of rotatable bonds is 4. The van der Waals surface area contributed by atoms with Crippen LogP contribution in [0.5, 0.6) is 0 Å². The third-order valence-corrected chi connectivity index (χ3v) is 3.64. The normalized spacial score (nSPS) is 11.6. The molecule has 3 heteroatoms. The molecule has 0 saturated heterocycles. The van der Waals surface area contributed by atoms with Crippen LogP contribution in [-0.4, -0.2) is 4.98 Å². The SMILES string of the molecule is CC(C)(NCc1ccccc1)c1nccs1. The van der Waals surface area contributed by atoms with Crippen molar-refractivity contribution in [2.75, 3.05) is 0 Å². The smallest absolute Gasteiger partial charge is 0.112 e. The second-order valence-electron chi connectivity index (χ2n) is 4.30. The quantitative estimate of drug-likeness (QED) is 0.876. The zero-order valence-corrected chi connectivity index (χ0v) is 10.4. The molecule has 0 spiro atoms. The fourth-order valence-electron chi connectivity index (χ4n) is 1.53. The van der Waals surface area contributed by atoms with E-state index in [0.29, 0.717) is 0 Å². The predicted molar refractivity (Wildman–Crippen MR) is 68.4 cm³/mol. The van der Waals surface area contributed by atoms with Crippen molar-refractivity contribution in [1.29, 1.82) is 0 Å². The van der Waals surface area contributed by atoms with Gasteiger partial charge in [0, 0.05) is 18.1 Å². The summed E-state index contributed by atoms with van der Waals surface area (Å²) in [5.41, 5.74) is 1.23. The highest BCUT2D eigenvalue weighted by molar-refractivity contribution is 7.09. The lowest BCUT2D eigenvalue weighted by Crippen LogP contribution is -2.35. The van der Waals surface area contributed by atoms with Crippen molar-refractivity contribution in [2.24, 2.45) is 0 Å². The second kappa shape index (κ2) is 4.76. The molecule has 2 aromatic rings. The fourth-order valence-corrected chi connectivity index (χ4v) is 2.27. The Morgan fingerprint density at radius 1 is 1.25 bits per heavy atom. The van der Waals surface area contributed by atoms with E-state index in [4.69, 9.17) is 0 Å². The van der Waals surface area contributed by atoms with Crippen LogP contribution in [-0.2, 0) is 12.1 Å². The summed E-state index contributed by atoms with van der Waals surface area (Å²) in [7, 11) is 0. The van der Waals surface area contributed by atoms with Gasteiger partial charge in [-0.2, -0.15) is 0 Å². The summed E-state index contributed by atoms with van der Waals surface area (Å²) in [6.07, 6.45) is 1.85. The maximum atomic E-state index is 4.36. The average molecular weight is 232 g/mol. The molecule has 0 unspecified atom stereocenters. The van der Waals surface area contributed by atoms with E-state index < -0.39 is 0 Å². The van der Waals surface area contributed by atoms with E-state index >= 15 is 0 Å². The molecule has 16 heavy (non-hydrogen) atoms. The van der Waals surface area contributed by atoms with Crippen LogP contribution in [0.15, 0.2) is 41.9 Å². The van der Waals surface area contributed by atoms with Gasteiger partial charge in [-0.3, -0.25) is 0 Å². The average Bonchev–Trinajstić information content (AvgIpc) is 2.82. The Morgan fingerprint density at radius 3 is 2.62 bits per heavy atom. The van der Waals surface area contributed by atoms with E-state index in [0.717, 1.165) is 11.6 Å². The van der Waals surface area contributed by atoms with Gasteiger partial charge in [0.25, 0.3) is 0 Å². The maximum Gasteiger partial charge on any atom is 0.112 e. The molecule has 1 N–H and O–H groups in total. The van der Waals surface area contributed by atoms with Crippen molar-refractivity contribution in [2.45, 2.75) is 25.9 Å². The van der Waals surface area contributed by atoms with Gasteiger partial charge in [0.15, 0.2) is 0 Å². The minimum Gasteiger partial charge on any atom is -0.302 e. The van der Waals surface area contributed by atoms with E-state index in [9.17, 15) is 0 Å². The Kier molecular flexibility index (Phi) is 3.36. The largest absolute Gasteiger partial charge is 0.302 e. The highest BCUT2D eigenvalue weighted by Gasteiger charge is 2.21. The van der Waals surface area contributed by atoms with E-state index in [1.807, 2.05) is 17.6 Å². The highest BCUT2D eigenvalue weighted by atomic mass is 32.1. The van der Waals surface area contributed by atoms with Crippen LogP contribution in [0.25, 0.3) is 0 Å². The van der Waals surface area contributed by atoms with Crippen LogP contribution >= 0.6 is 11.3 Å². The molecule has 0 aliphatic heterocycles. The van der Waals surface area contributed by atoms with Crippen LogP contribution < -0.4 is 5.32 Å². The molecule has 0 amide bonds. The fraction of sp³-hybridized carbons (Fsp3) is 0.308. The number of thiazole rings is 1. The molecule has 1 heterocycles. The van der Waals surface area contributed by atoms with Gasteiger partial charge in [0.2, 0.25) is 0 Å². The Bertz CT molecular complexity index is 420. The van der Waals surface area contributed by atoms with Crippen LogP contribution in [0.3, 0.4) is 0 Å². The lowest BCUT2D eigenvalue weighted by Gasteiger charge is -2.23. The van der Waals surface area contributed by atoms with Gasteiger partial charge in [0.05, 0.1) is 5.54 Å². The van der Waals surface area contributed by atoms with Crippen molar-refractivity contribution >= 4 is 11.3 Å². The molecular formula is C13H16N2S. The first-order valence-electron chi connectivity index (χ1n) is 5.37. The first-order chi connectivity index (χ1) is 7.68. The molecule has 0 aliphatic carbocycles. The van der Waals surface area contributed by atoms with Crippen LogP contribution in [0, 0.1) is 0 Å². The van der Waals surface area contributed by atoms with E-state index in [1.165, 1.54) is 5.56 Å². The molecular weight excluding hydrogens is 216 g/mol. The topological polar surface area (TPSA) is 24.9 Å². The predicted octanol–water partition coefficient (Wildman–Crippen LogP) is 3.17. The lowest BCUT2D eigenvalue weighted by atomic mass is 10.1. The number of benzene rings is 1. The van der Waals surface area contributed by atoms with Gasteiger partial charge in [-0.25, -0.2) is 4.98 Å². The zero-order chi connectivity index (χ0) is 11.4. The van der Waals surface area contributed by atoms with Crippen LogP contribution in [0.1, 0.15) is 24.4 Å². The van der Waals surface area contributed by atoms with Crippen molar-refractivity contribution in [1.82, 2.24) is 10.3 Å². The summed E-state index contributed by atoms with van der Waals surface area (Å²) in [6.45, 7) is 5.19. The number of nitrogens with one attached hydrogen (secondary N) is 1. The first kappa shape index (κ1) is 11.3. The Hall–Kier alpha value is -1.19. The van der Waals surface area contributed by atoms with Gasteiger partial charge < -0.3 is 5.32 Å². The maximum absolute atomic E-state index is 4.36. The molecule has 0 atom stereocenters. The van der Waals surface area contributed by atoms with Gasteiger partial charge in [-0.15, -0.1) is 11.3 Å². The van der Waals surface area contributed by atoms with E-state index in [2.05, 4.69) is 48.4 Å². The molecule has 0 bridgehead atoms. The molecule has 1 aromatic carbocycles. The first-order valence-corrected chi connectivity index (χ1v) is 6.25. The minimum absolute atomic E-state index is 0.0655. The standard InChI is InChI=1S/C13H16N2S/c1-13(2,12-14-8-9-16-12)15-10-11-6-4-3-5-7-11/h3-9,15H,10H2,1-2H3. The van der Waals surface area contributed by atoms with E-state index in [-0.39, 0.29) is 5.54 Å². The Morgan fingerprint density at radius 2 is 2.00 bits per heavy atom. The van der Waals surface area contributed by atoms with Crippen molar-refractivity contribution in [3.05, 3.63) is 52.5 Å². The number of hydrogen-bond acceptors (Lipinski definition) is 3. The summed E-state index contributed by atoms with van der Waals surface area (Å²) in [5.74, 6) is 0. The number of nitrogens with zero attached hydrogens (tertiary/aromatic N) is 1. The lowest BCUT2D eigenvalue weighted by molar-refractivity contribution is 0.399. The zero-order valence-electron chi connectivity index (χ0n) is 9.60. The van der Waals surface area contributed by atoms with Gasteiger partial charge in [-0.05, 0) is 19.4 Å². The van der Waals surface area contributed by atoms with Crippen molar-refractivity contribution < 1.29 is 0 Å². The summed E-state index contributed by atoms with van der Waals surface area (Å²) in [5, 5.41) is 6.67. The molecule has 2 nitrogen and oxygen atoms in total. The third-order valence-electron chi connectivity index (χ3n) is 2.54. The molecule has 1 aromatic heterocycles. The van der Waals surface area contributed by atoms with Crippen LogP contribution in [0.4, 0.5) is 0 Å². The second-order valence-corrected chi connectivity index (χ2v) is 5.20. The molecule has 0 fully saturated rings. The summed E-state index contributed by atoms with van der Waals surface area (Å²) < 4.78 is 0. The van der Waals surface area contributed by atoms with Crippen molar-refractivity contribution in [3.63, 3.8) is 0 Å². The van der Waals surface area contributed by atoms with Crippen molar-refractivity contribution in [3.8, 4) is 0 Å². The molecule has 2 rings (SSSR count).